The van der Waals surface area contributed by atoms with E-state index in [0.29, 0.717) is 22.2 Å². The number of nitrogens with one attached hydrogen (secondary N) is 1. The lowest BCUT2D eigenvalue weighted by Crippen LogP contribution is -2.21. The van der Waals surface area contributed by atoms with Crippen molar-refractivity contribution in [1.29, 1.82) is 0 Å². The highest BCUT2D eigenvalue weighted by atomic mass is 35.5. The van der Waals surface area contributed by atoms with E-state index in [1.807, 2.05) is 13.8 Å². The molecule has 0 unspecified atom stereocenters. The van der Waals surface area contributed by atoms with Gasteiger partial charge in [-0.3, -0.25) is 9.78 Å². The van der Waals surface area contributed by atoms with Crippen LogP contribution in [0.4, 0.5) is 0 Å². The maximum Gasteiger partial charge on any atom is 0.244 e. The van der Waals surface area contributed by atoms with E-state index in [4.69, 9.17) is 27.9 Å². The molecule has 1 N–H and O–H groups in total. The number of benzene rings is 1. The van der Waals surface area contributed by atoms with Crippen LogP contribution >= 0.6 is 23.2 Å². The van der Waals surface area contributed by atoms with E-state index in [1.165, 1.54) is 6.08 Å². The molecule has 1 aromatic heterocycles. The molecule has 24 heavy (non-hydrogen) atoms. The lowest BCUT2D eigenvalue weighted by molar-refractivity contribution is -0.116. The summed E-state index contributed by atoms with van der Waals surface area (Å²) in [5, 5.41) is 3.89. The van der Waals surface area contributed by atoms with Gasteiger partial charge in [-0.2, -0.15) is 0 Å². The standard InChI is InChI=1S/C18H18Cl2N2O2/c1-11-9-21-16(12(2)18(11)24-3)10-22-17(23)7-4-13-8-14(19)5-6-15(13)20/h4-9H,10H2,1-3H3,(H,22,23)/b7-4+. The molecule has 0 bridgehead atoms. The number of aryl methyl sites for hydroxylation is 1. The van der Waals surface area contributed by atoms with Gasteiger partial charge in [0.1, 0.15) is 5.75 Å². The monoisotopic (exact) mass is 364 g/mol. The molecular weight excluding hydrogens is 347 g/mol. The first kappa shape index (κ1) is 18.3. The zero-order valence-electron chi connectivity index (χ0n) is 13.7. The predicted octanol–water partition coefficient (Wildman–Crippen LogP) is 4.34. The number of carbonyl (C=O) groups excluding carboxylic acids is 1. The third-order valence-corrected chi connectivity index (χ3v) is 4.13. The summed E-state index contributed by atoms with van der Waals surface area (Å²) in [6.45, 7) is 4.16. The van der Waals surface area contributed by atoms with Crippen LogP contribution in [0.2, 0.25) is 10.0 Å². The maximum absolute atomic E-state index is 12.0. The van der Waals surface area contributed by atoms with Crippen LogP contribution in [0.25, 0.3) is 6.08 Å². The number of hydrogen-bond donors (Lipinski definition) is 1. The lowest BCUT2D eigenvalue weighted by atomic mass is 10.1. The number of carbonyl (C=O) groups is 1. The number of rotatable bonds is 5. The van der Waals surface area contributed by atoms with Crippen LogP contribution in [0.1, 0.15) is 22.4 Å². The molecule has 0 spiro atoms. The van der Waals surface area contributed by atoms with Gasteiger partial charge in [0.05, 0.1) is 19.3 Å². The van der Waals surface area contributed by atoms with Gasteiger partial charge in [0.15, 0.2) is 0 Å². The normalized spacial score (nSPS) is 10.9. The minimum atomic E-state index is -0.244. The molecule has 1 amide bonds. The molecule has 0 radical (unpaired) electrons. The molecule has 0 aliphatic heterocycles. The minimum Gasteiger partial charge on any atom is -0.496 e. The van der Waals surface area contributed by atoms with Crippen molar-refractivity contribution >= 4 is 35.2 Å². The van der Waals surface area contributed by atoms with Crippen molar-refractivity contribution in [3.63, 3.8) is 0 Å². The molecule has 0 aliphatic carbocycles. The summed E-state index contributed by atoms with van der Waals surface area (Å²) in [5.41, 5.74) is 3.32. The average molecular weight is 365 g/mol. The van der Waals surface area contributed by atoms with Crippen molar-refractivity contribution in [2.24, 2.45) is 0 Å². The fourth-order valence-electron chi connectivity index (χ4n) is 2.29. The smallest absolute Gasteiger partial charge is 0.244 e. The number of hydrogen-bond acceptors (Lipinski definition) is 3. The summed E-state index contributed by atoms with van der Waals surface area (Å²) in [6.07, 6.45) is 4.77. The highest BCUT2D eigenvalue weighted by Gasteiger charge is 2.09. The van der Waals surface area contributed by atoms with Gasteiger partial charge in [-0.15, -0.1) is 0 Å². The molecule has 1 aromatic carbocycles. The Hall–Kier alpha value is -2.04. The van der Waals surface area contributed by atoms with Gasteiger partial charge in [-0.1, -0.05) is 23.2 Å². The van der Waals surface area contributed by atoms with Crippen LogP contribution in [0, 0.1) is 13.8 Å². The average Bonchev–Trinajstić information content (AvgIpc) is 2.55. The molecule has 0 saturated heterocycles. The third-order valence-electron chi connectivity index (χ3n) is 3.55. The summed E-state index contributed by atoms with van der Waals surface area (Å²) in [6, 6.07) is 5.08. The SMILES string of the molecule is COc1c(C)cnc(CNC(=O)/C=C/c2cc(Cl)ccc2Cl)c1C. The summed E-state index contributed by atoms with van der Waals surface area (Å²) < 4.78 is 5.36. The predicted molar refractivity (Wildman–Crippen MR) is 97.6 cm³/mol. The lowest BCUT2D eigenvalue weighted by Gasteiger charge is -2.12. The number of aromatic nitrogens is 1. The van der Waals surface area contributed by atoms with E-state index in [1.54, 1.807) is 37.6 Å². The van der Waals surface area contributed by atoms with E-state index >= 15 is 0 Å². The third kappa shape index (κ3) is 4.49. The highest BCUT2D eigenvalue weighted by Crippen LogP contribution is 2.24. The van der Waals surface area contributed by atoms with E-state index in [0.717, 1.165) is 22.6 Å². The van der Waals surface area contributed by atoms with Gasteiger partial charge in [0.25, 0.3) is 0 Å². The molecule has 126 valence electrons. The van der Waals surface area contributed by atoms with Crippen LogP contribution < -0.4 is 10.1 Å². The molecule has 0 atom stereocenters. The van der Waals surface area contributed by atoms with Crippen LogP contribution in [0.15, 0.2) is 30.5 Å². The largest absolute Gasteiger partial charge is 0.496 e. The number of ether oxygens (including phenoxy) is 1. The van der Waals surface area contributed by atoms with Gasteiger partial charge < -0.3 is 10.1 Å². The van der Waals surface area contributed by atoms with Crippen LogP contribution in [-0.4, -0.2) is 18.0 Å². The van der Waals surface area contributed by atoms with Crippen molar-refractivity contribution in [3.8, 4) is 5.75 Å². The Morgan fingerprint density at radius 3 is 2.79 bits per heavy atom. The maximum atomic E-state index is 12.0. The van der Waals surface area contributed by atoms with Gasteiger partial charge >= 0.3 is 0 Å². The molecule has 0 aliphatic rings. The van der Waals surface area contributed by atoms with Crippen LogP contribution in [0.5, 0.6) is 5.75 Å². The Morgan fingerprint density at radius 1 is 1.33 bits per heavy atom. The molecule has 2 aromatic rings. The first-order valence-electron chi connectivity index (χ1n) is 7.32. The van der Waals surface area contributed by atoms with Crippen molar-refractivity contribution in [2.75, 3.05) is 7.11 Å². The van der Waals surface area contributed by atoms with E-state index in [9.17, 15) is 4.79 Å². The van der Waals surface area contributed by atoms with Gasteiger partial charge in [-0.25, -0.2) is 0 Å². The summed E-state index contributed by atoms with van der Waals surface area (Å²) in [5.74, 6) is 0.544. The molecule has 1 heterocycles. The van der Waals surface area contributed by atoms with Crippen molar-refractivity contribution in [3.05, 3.63) is 62.9 Å². The van der Waals surface area contributed by atoms with E-state index in [-0.39, 0.29) is 5.91 Å². The molecule has 4 nitrogen and oxygen atoms in total. The number of methoxy groups -OCH3 is 1. The fourth-order valence-corrected chi connectivity index (χ4v) is 2.65. The van der Waals surface area contributed by atoms with E-state index < -0.39 is 0 Å². The van der Waals surface area contributed by atoms with Crippen LogP contribution in [0.3, 0.4) is 0 Å². The second-order valence-corrected chi connectivity index (χ2v) is 6.11. The van der Waals surface area contributed by atoms with Crippen molar-refractivity contribution < 1.29 is 9.53 Å². The van der Waals surface area contributed by atoms with Gasteiger partial charge in [0.2, 0.25) is 5.91 Å². The summed E-state index contributed by atoms with van der Waals surface area (Å²) >= 11 is 12.0. The molecule has 2 rings (SSSR count). The Morgan fingerprint density at radius 2 is 2.08 bits per heavy atom. The van der Waals surface area contributed by atoms with Crippen molar-refractivity contribution in [1.82, 2.24) is 10.3 Å². The Bertz CT molecular complexity index is 789. The number of nitrogens with zero attached hydrogens (tertiary/aromatic N) is 1. The molecule has 0 saturated carbocycles. The van der Waals surface area contributed by atoms with Crippen LogP contribution in [-0.2, 0) is 11.3 Å². The Labute approximate surface area is 151 Å². The second kappa shape index (κ2) is 8.18. The van der Waals surface area contributed by atoms with E-state index in [2.05, 4.69) is 10.3 Å². The molecule has 0 fully saturated rings. The zero-order chi connectivity index (χ0) is 17.7. The first-order valence-corrected chi connectivity index (χ1v) is 8.08. The zero-order valence-corrected chi connectivity index (χ0v) is 15.2. The Balaban J connectivity index is 2.04. The van der Waals surface area contributed by atoms with Gasteiger partial charge in [0, 0.05) is 33.4 Å². The fraction of sp³-hybridized carbons (Fsp3) is 0.222. The van der Waals surface area contributed by atoms with Gasteiger partial charge in [-0.05, 0) is 43.7 Å². The highest BCUT2D eigenvalue weighted by molar-refractivity contribution is 6.34. The molecule has 6 heteroatoms. The number of halogens is 2. The Kier molecular flexibility index (Phi) is 6.23. The quantitative estimate of drug-likeness (QED) is 0.802. The first-order chi connectivity index (χ1) is 11.4. The molecular formula is C18H18Cl2N2O2. The summed E-state index contributed by atoms with van der Waals surface area (Å²) in [4.78, 5) is 16.3. The topological polar surface area (TPSA) is 51.2 Å². The second-order valence-electron chi connectivity index (χ2n) is 5.26. The summed E-state index contributed by atoms with van der Waals surface area (Å²) in [7, 11) is 1.62. The van der Waals surface area contributed by atoms with Crippen molar-refractivity contribution in [2.45, 2.75) is 20.4 Å². The number of amides is 1. The number of pyridine rings is 1. The minimum absolute atomic E-state index is 0.244.